The predicted molar refractivity (Wildman–Crippen MR) is 139 cm³/mol. The van der Waals surface area contributed by atoms with Gasteiger partial charge in [-0.25, -0.2) is 14.6 Å². The molecule has 188 valence electrons. The normalized spacial score (nSPS) is 15.5. The average Bonchev–Trinajstić information content (AvgIpc) is 3.26. The Kier molecular flexibility index (Phi) is 7.34. The largest absolute Gasteiger partial charge is 0.383 e. The average molecular weight is 555 g/mol. The number of halogens is 1. The molecule has 0 aliphatic carbocycles. The minimum absolute atomic E-state index is 0.0257. The van der Waals surface area contributed by atoms with Gasteiger partial charge in [-0.05, 0) is 52.5 Å². The molecule has 1 fully saturated rings. The molecule has 1 unspecified atom stereocenters. The Morgan fingerprint density at radius 2 is 2.08 bits per heavy atom. The summed E-state index contributed by atoms with van der Waals surface area (Å²) in [6, 6.07) is 5.11. The Bertz CT molecular complexity index is 1350. The van der Waals surface area contributed by atoms with Crippen molar-refractivity contribution in [2.24, 2.45) is 0 Å². The smallest absolute Gasteiger partial charge is 0.277 e. The lowest BCUT2D eigenvalue weighted by Crippen LogP contribution is -2.40. The van der Waals surface area contributed by atoms with Crippen molar-refractivity contribution in [2.75, 3.05) is 38.2 Å². The van der Waals surface area contributed by atoms with Crippen LogP contribution in [0.2, 0.25) is 0 Å². The van der Waals surface area contributed by atoms with Crippen molar-refractivity contribution >= 4 is 56.2 Å². The second-order valence-corrected chi connectivity index (χ2v) is 9.62. The number of carbonyl (C=O) groups is 3. The van der Waals surface area contributed by atoms with Crippen molar-refractivity contribution < 1.29 is 14.4 Å². The monoisotopic (exact) mass is 554 g/mol. The van der Waals surface area contributed by atoms with Crippen molar-refractivity contribution in [1.82, 2.24) is 29.5 Å². The first-order valence-electron chi connectivity index (χ1n) is 11.4. The number of amides is 3. The maximum atomic E-state index is 13.3. The second-order valence-electron chi connectivity index (χ2n) is 8.77. The summed E-state index contributed by atoms with van der Waals surface area (Å²) in [6.45, 7) is 4.63. The van der Waals surface area contributed by atoms with Crippen molar-refractivity contribution in [3.05, 3.63) is 52.9 Å². The molecule has 3 heterocycles. The van der Waals surface area contributed by atoms with Gasteiger partial charge in [0.1, 0.15) is 12.1 Å². The number of likely N-dealkylation sites (tertiary alicyclic amines) is 1. The SMILES string of the molecule is C=CC(=O)N1CCCC(n2nc(C(=O)Nc3ccc(CC(=O)N(C)C)cc3Br)c3c(N)ncnc32)C1. The van der Waals surface area contributed by atoms with Gasteiger partial charge in [-0.3, -0.25) is 14.4 Å². The molecule has 0 bridgehead atoms. The van der Waals surface area contributed by atoms with Crippen LogP contribution in [0, 0.1) is 0 Å². The topological polar surface area (TPSA) is 139 Å². The summed E-state index contributed by atoms with van der Waals surface area (Å²) in [5.74, 6) is -0.512. The number of fused-ring (bicyclic) bond motifs is 1. The Hall–Kier alpha value is -3.80. The van der Waals surface area contributed by atoms with Gasteiger partial charge in [0.25, 0.3) is 5.91 Å². The van der Waals surface area contributed by atoms with E-state index in [0.29, 0.717) is 34.3 Å². The van der Waals surface area contributed by atoms with E-state index in [2.05, 4.69) is 42.9 Å². The first-order chi connectivity index (χ1) is 17.2. The maximum absolute atomic E-state index is 13.3. The van der Waals surface area contributed by atoms with Crippen LogP contribution >= 0.6 is 15.9 Å². The number of piperidine rings is 1. The Morgan fingerprint density at radius 3 is 2.78 bits per heavy atom. The third-order valence-electron chi connectivity index (χ3n) is 6.10. The number of benzene rings is 1. The van der Waals surface area contributed by atoms with Crippen LogP contribution in [0.15, 0.2) is 41.7 Å². The molecule has 11 nitrogen and oxygen atoms in total. The fourth-order valence-electron chi connectivity index (χ4n) is 4.18. The van der Waals surface area contributed by atoms with Crippen molar-refractivity contribution in [3.8, 4) is 0 Å². The van der Waals surface area contributed by atoms with Crippen LogP contribution < -0.4 is 11.1 Å². The van der Waals surface area contributed by atoms with E-state index in [1.165, 1.54) is 17.3 Å². The number of nitrogens with one attached hydrogen (secondary N) is 1. The third kappa shape index (κ3) is 5.08. The van der Waals surface area contributed by atoms with Crippen molar-refractivity contribution in [1.29, 1.82) is 0 Å². The summed E-state index contributed by atoms with van der Waals surface area (Å²) in [5, 5.41) is 7.80. The fraction of sp³-hybridized carbons (Fsp3) is 0.333. The van der Waals surface area contributed by atoms with Gasteiger partial charge in [-0.15, -0.1) is 0 Å². The van der Waals surface area contributed by atoms with Crippen molar-refractivity contribution in [2.45, 2.75) is 25.3 Å². The number of rotatable bonds is 6. The molecular formula is C24H27BrN8O3. The van der Waals surface area contributed by atoms with E-state index in [0.717, 1.165) is 18.4 Å². The number of carbonyl (C=O) groups excluding carboxylic acids is 3. The van der Waals surface area contributed by atoms with Crippen LogP contribution in [0.3, 0.4) is 0 Å². The molecule has 0 spiro atoms. The van der Waals surface area contributed by atoms with Crippen LogP contribution in [0.25, 0.3) is 11.0 Å². The van der Waals surface area contributed by atoms with Crippen LogP contribution in [-0.4, -0.2) is 74.5 Å². The quantitative estimate of drug-likeness (QED) is 0.446. The van der Waals surface area contributed by atoms with Crippen molar-refractivity contribution in [3.63, 3.8) is 0 Å². The number of nitrogens with zero attached hydrogens (tertiary/aromatic N) is 6. The van der Waals surface area contributed by atoms with Gasteiger partial charge in [0.15, 0.2) is 11.3 Å². The number of nitrogens with two attached hydrogens (primary N) is 1. The van der Waals surface area contributed by atoms with Crippen LogP contribution in [-0.2, 0) is 16.0 Å². The molecule has 2 aromatic heterocycles. The van der Waals surface area contributed by atoms with E-state index >= 15 is 0 Å². The number of anilines is 2. The fourth-order valence-corrected chi connectivity index (χ4v) is 4.70. The Morgan fingerprint density at radius 1 is 1.31 bits per heavy atom. The minimum atomic E-state index is -0.479. The van der Waals surface area contributed by atoms with E-state index in [-0.39, 0.29) is 35.8 Å². The van der Waals surface area contributed by atoms with E-state index in [9.17, 15) is 14.4 Å². The summed E-state index contributed by atoms with van der Waals surface area (Å²) in [4.78, 5) is 49.2. The molecule has 1 atom stereocenters. The molecule has 0 radical (unpaired) electrons. The highest BCUT2D eigenvalue weighted by molar-refractivity contribution is 9.10. The zero-order valence-corrected chi connectivity index (χ0v) is 21.7. The predicted octanol–water partition coefficient (Wildman–Crippen LogP) is 2.40. The highest BCUT2D eigenvalue weighted by Crippen LogP contribution is 2.30. The number of nitrogen functional groups attached to an aromatic ring is 1. The van der Waals surface area contributed by atoms with Crippen LogP contribution in [0.1, 0.15) is 34.9 Å². The first kappa shape index (κ1) is 25.3. The molecule has 4 rings (SSSR count). The summed E-state index contributed by atoms with van der Waals surface area (Å²) >= 11 is 3.47. The van der Waals surface area contributed by atoms with Gasteiger partial charge >= 0.3 is 0 Å². The van der Waals surface area contributed by atoms with E-state index in [1.54, 1.807) is 41.9 Å². The summed E-state index contributed by atoms with van der Waals surface area (Å²) < 4.78 is 2.29. The standard InChI is InChI=1S/C24H27BrN8O3/c1-4-18(34)32-9-5-6-15(12-32)33-23-20(22(26)27-13-28-23)21(30-33)24(36)29-17-8-7-14(10-16(17)25)11-19(35)31(2)3/h4,7-8,10,13,15H,1,5-6,9,11-12H2,2-3H3,(H,29,36)(H2,26,27,28). The lowest BCUT2D eigenvalue weighted by atomic mass is 10.1. The molecule has 3 amide bonds. The zero-order valence-electron chi connectivity index (χ0n) is 20.1. The van der Waals surface area contributed by atoms with Gasteiger partial charge in [-0.2, -0.15) is 5.10 Å². The first-order valence-corrected chi connectivity index (χ1v) is 12.2. The van der Waals surface area contributed by atoms with Crippen LogP contribution in [0.4, 0.5) is 11.5 Å². The molecule has 3 N–H and O–H groups in total. The van der Waals surface area contributed by atoms with E-state index in [4.69, 9.17) is 5.73 Å². The van der Waals surface area contributed by atoms with Gasteiger partial charge in [0.2, 0.25) is 11.8 Å². The number of aromatic nitrogens is 4. The zero-order chi connectivity index (χ0) is 26.0. The number of hydrogen-bond acceptors (Lipinski definition) is 7. The van der Waals surface area contributed by atoms with Gasteiger partial charge in [-0.1, -0.05) is 12.6 Å². The highest BCUT2D eigenvalue weighted by atomic mass is 79.9. The molecule has 0 saturated carbocycles. The highest BCUT2D eigenvalue weighted by Gasteiger charge is 2.29. The molecule has 1 aliphatic rings. The summed E-state index contributed by atoms with van der Waals surface area (Å²) in [7, 11) is 3.40. The molecule has 12 heteroatoms. The Balaban J connectivity index is 1.63. The van der Waals surface area contributed by atoms with Gasteiger partial charge < -0.3 is 20.9 Å². The molecule has 1 aromatic carbocycles. The minimum Gasteiger partial charge on any atom is -0.383 e. The van der Waals surface area contributed by atoms with E-state index < -0.39 is 5.91 Å². The van der Waals surface area contributed by atoms with Gasteiger partial charge in [0, 0.05) is 31.7 Å². The number of hydrogen-bond donors (Lipinski definition) is 2. The third-order valence-corrected chi connectivity index (χ3v) is 6.75. The number of likely N-dealkylation sites (N-methyl/N-ethyl adjacent to an activating group) is 1. The molecule has 36 heavy (non-hydrogen) atoms. The maximum Gasteiger partial charge on any atom is 0.277 e. The van der Waals surface area contributed by atoms with Gasteiger partial charge in [0.05, 0.1) is 23.5 Å². The van der Waals surface area contributed by atoms with Crippen LogP contribution in [0.5, 0.6) is 0 Å². The molecule has 1 saturated heterocycles. The second kappa shape index (κ2) is 10.4. The summed E-state index contributed by atoms with van der Waals surface area (Å²) in [5.41, 5.74) is 7.99. The lowest BCUT2D eigenvalue weighted by Gasteiger charge is -2.32. The summed E-state index contributed by atoms with van der Waals surface area (Å²) in [6.07, 6.45) is 4.42. The lowest BCUT2D eigenvalue weighted by molar-refractivity contribution is -0.128. The van der Waals surface area contributed by atoms with E-state index in [1.807, 2.05) is 0 Å². The molecular weight excluding hydrogens is 528 g/mol. The molecule has 3 aromatic rings. The Labute approximate surface area is 216 Å². The molecule has 1 aliphatic heterocycles.